The largest absolute Gasteiger partial charge is 0.324 e. The van der Waals surface area contributed by atoms with Crippen LogP contribution < -0.4 is 5.73 Å². The van der Waals surface area contributed by atoms with Crippen LogP contribution in [0.25, 0.3) is 0 Å². The van der Waals surface area contributed by atoms with Gasteiger partial charge < -0.3 is 5.73 Å². The number of nitrogens with two attached hydrogens (primary N) is 1. The summed E-state index contributed by atoms with van der Waals surface area (Å²) < 4.78 is 0. The first-order chi connectivity index (χ1) is 8.99. The fourth-order valence-corrected chi connectivity index (χ4v) is 2.61. The molecule has 2 heteroatoms. The minimum atomic E-state index is -0.0146. The van der Waals surface area contributed by atoms with Gasteiger partial charge in [-0.15, -0.1) is 0 Å². The van der Waals surface area contributed by atoms with Crippen LogP contribution in [0.4, 0.5) is 0 Å². The molecule has 0 spiro atoms. The maximum Gasteiger partial charge on any atom is 0.0438 e. The molecule has 0 aliphatic rings. The number of hydrogen-bond acceptors (Lipinski definition) is 1. The van der Waals surface area contributed by atoms with E-state index in [1.807, 2.05) is 24.3 Å². The molecule has 2 aromatic rings. The van der Waals surface area contributed by atoms with Crippen molar-refractivity contribution in [2.24, 2.45) is 5.73 Å². The van der Waals surface area contributed by atoms with Crippen molar-refractivity contribution in [3.05, 3.63) is 69.2 Å². The van der Waals surface area contributed by atoms with Crippen LogP contribution >= 0.6 is 11.6 Å². The third kappa shape index (κ3) is 3.17. The topological polar surface area (TPSA) is 26.0 Å². The average molecular weight is 274 g/mol. The van der Waals surface area contributed by atoms with Gasteiger partial charge in [0.2, 0.25) is 0 Å². The van der Waals surface area contributed by atoms with Crippen molar-refractivity contribution < 1.29 is 0 Å². The second-order valence-corrected chi connectivity index (χ2v) is 5.60. The summed E-state index contributed by atoms with van der Waals surface area (Å²) in [6.45, 7) is 6.38. The zero-order chi connectivity index (χ0) is 14.0. The van der Waals surface area contributed by atoms with Crippen molar-refractivity contribution in [2.75, 3.05) is 0 Å². The summed E-state index contributed by atoms with van der Waals surface area (Å²) >= 11 is 6.20. The SMILES string of the molecule is Cc1cc(C)c(C(N)Cc2ccccc2Cl)cc1C. The molecular formula is C17H20ClN. The Kier molecular flexibility index (Phi) is 4.28. The molecule has 2 rings (SSSR count). The summed E-state index contributed by atoms with van der Waals surface area (Å²) in [7, 11) is 0. The van der Waals surface area contributed by atoms with Crippen LogP contribution in [0.2, 0.25) is 5.02 Å². The van der Waals surface area contributed by atoms with Crippen molar-refractivity contribution in [1.82, 2.24) is 0 Å². The fraction of sp³-hybridized carbons (Fsp3) is 0.294. The minimum Gasteiger partial charge on any atom is -0.324 e. The van der Waals surface area contributed by atoms with Crippen LogP contribution in [0, 0.1) is 20.8 Å². The first kappa shape index (κ1) is 14.1. The maximum absolute atomic E-state index is 6.36. The van der Waals surface area contributed by atoms with E-state index in [9.17, 15) is 0 Å². The summed E-state index contributed by atoms with van der Waals surface area (Å²) in [4.78, 5) is 0. The lowest BCUT2D eigenvalue weighted by molar-refractivity contribution is 0.715. The third-order valence-electron chi connectivity index (χ3n) is 3.68. The van der Waals surface area contributed by atoms with Crippen LogP contribution in [0.3, 0.4) is 0 Å². The van der Waals surface area contributed by atoms with Gasteiger partial charge in [-0.2, -0.15) is 0 Å². The summed E-state index contributed by atoms with van der Waals surface area (Å²) in [6, 6.07) is 12.3. The molecule has 0 saturated carbocycles. The second-order valence-electron chi connectivity index (χ2n) is 5.20. The minimum absolute atomic E-state index is 0.0146. The van der Waals surface area contributed by atoms with Crippen LogP contribution in [0.5, 0.6) is 0 Å². The van der Waals surface area contributed by atoms with Gasteiger partial charge in [-0.3, -0.25) is 0 Å². The molecule has 1 atom stereocenters. The number of hydrogen-bond donors (Lipinski definition) is 1. The Balaban J connectivity index is 2.28. The van der Waals surface area contributed by atoms with E-state index in [1.165, 1.54) is 22.3 Å². The number of halogens is 1. The van der Waals surface area contributed by atoms with Gasteiger partial charge in [0.25, 0.3) is 0 Å². The molecule has 0 amide bonds. The summed E-state index contributed by atoms with van der Waals surface area (Å²) in [6.07, 6.45) is 0.767. The Labute approximate surface area is 120 Å². The van der Waals surface area contributed by atoms with Crippen molar-refractivity contribution >= 4 is 11.6 Å². The highest BCUT2D eigenvalue weighted by atomic mass is 35.5. The molecule has 100 valence electrons. The Hall–Kier alpha value is -1.31. The predicted octanol–water partition coefficient (Wildman–Crippen LogP) is 4.51. The van der Waals surface area contributed by atoms with Gasteiger partial charge in [0.05, 0.1) is 0 Å². The van der Waals surface area contributed by atoms with Crippen LogP contribution in [0.15, 0.2) is 36.4 Å². The molecule has 0 heterocycles. The molecule has 2 N–H and O–H groups in total. The fourth-order valence-electron chi connectivity index (χ4n) is 2.39. The van der Waals surface area contributed by atoms with Gasteiger partial charge in [0.15, 0.2) is 0 Å². The quantitative estimate of drug-likeness (QED) is 0.875. The molecule has 0 aliphatic heterocycles. The molecule has 0 bridgehead atoms. The summed E-state index contributed by atoms with van der Waals surface area (Å²) in [5.41, 5.74) is 12.5. The Morgan fingerprint density at radius 2 is 1.63 bits per heavy atom. The molecule has 1 nitrogen and oxygen atoms in total. The zero-order valence-electron chi connectivity index (χ0n) is 11.7. The molecule has 0 fully saturated rings. The van der Waals surface area contributed by atoms with Crippen molar-refractivity contribution in [3.63, 3.8) is 0 Å². The first-order valence-electron chi connectivity index (χ1n) is 6.55. The molecule has 1 unspecified atom stereocenters. The molecule has 19 heavy (non-hydrogen) atoms. The molecule has 2 aromatic carbocycles. The maximum atomic E-state index is 6.36. The zero-order valence-corrected chi connectivity index (χ0v) is 12.5. The van der Waals surface area contributed by atoms with Crippen molar-refractivity contribution in [2.45, 2.75) is 33.2 Å². The van der Waals surface area contributed by atoms with Gasteiger partial charge in [-0.1, -0.05) is 41.9 Å². The first-order valence-corrected chi connectivity index (χ1v) is 6.93. The lowest BCUT2D eigenvalue weighted by Gasteiger charge is -2.17. The van der Waals surface area contributed by atoms with Gasteiger partial charge in [-0.25, -0.2) is 0 Å². The highest BCUT2D eigenvalue weighted by molar-refractivity contribution is 6.31. The smallest absolute Gasteiger partial charge is 0.0438 e. The Bertz CT molecular complexity index is 590. The summed E-state index contributed by atoms with van der Waals surface area (Å²) in [5.74, 6) is 0. The Morgan fingerprint density at radius 3 is 2.32 bits per heavy atom. The predicted molar refractivity (Wildman–Crippen MR) is 82.7 cm³/mol. The molecule has 0 aromatic heterocycles. The number of benzene rings is 2. The number of aryl methyl sites for hydroxylation is 3. The lowest BCUT2D eigenvalue weighted by Crippen LogP contribution is -2.15. The van der Waals surface area contributed by atoms with E-state index in [0.717, 1.165) is 17.0 Å². The van der Waals surface area contributed by atoms with Gasteiger partial charge in [-0.05, 0) is 61.1 Å². The van der Waals surface area contributed by atoms with Crippen LogP contribution in [-0.4, -0.2) is 0 Å². The number of rotatable bonds is 3. The monoisotopic (exact) mass is 273 g/mol. The average Bonchev–Trinajstić information content (AvgIpc) is 2.36. The lowest BCUT2D eigenvalue weighted by atomic mass is 9.92. The molecule has 0 aliphatic carbocycles. The van der Waals surface area contributed by atoms with E-state index in [-0.39, 0.29) is 6.04 Å². The van der Waals surface area contributed by atoms with E-state index in [0.29, 0.717) is 0 Å². The van der Waals surface area contributed by atoms with Gasteiger partial charge in [0.1, 0.15) is 0 Å². The van der Waals surface area contributed by atoms with Crippen LogP contribution in [-0.2, 0) is 6.42 Å². The van der Waals surface area contributed by atoms with E-state index in [4.69, 9.17) is 17.3 Å². The highest BCUT2D eigenvalue weighted by Gasteiger charge is 2.12. The standard InChI is InChI=1S/C17H20ClN/c1-11-8-13(3)15(9-12(11)2)17(19)10-14-6-4-5-7-16(14)18/h4-9,17H,10,19H2,1-3H3. The van der Waals surface area contributed by atoms with Gasteiger partial charge in [0, 0.05) is 11.1 Å². The molecule has 0 radical (unpaired) electrons. The van der Waals surface area contributed by atoms with E-state index in [1.54, 1.807) is 0 Å². The van der Waals surface area contributed by atoms with Gasteiger partial charge >= 0.3 is 0 Å². The Morgan fingerprint density at radius 1 is 1.00 bits per heavy atom. The third-order valence-corrected chi connectivity index (χ3v) is 4.05. The molecule has 0 saturated heterocycles. The van der Waals surface area contributed by atoms with Crippen molar-refractivity contribution in [1.29, 1.82) is 0 Å². The summed E-state index contributed by atoms with van der Waals surface area (Å²) in [5, 5.41) is 0.791. The van der Waals surface area contributed by atoms with E-state index < -0.39 is 0 Å². The highest BCUT2D eigenvalue weighted by Crippen LogP contribution is 2.25. The normalized spacial score (nSPS) is 12.5. The molecular weight excluding hydrogens is 254 g/mol. The van der Waals surface area contributed by atoms with Crippen LogP contribution in [0.1, 0.15) is 33.9 Å². The van der Waals surface area contributed by atoms with E-state index >= 15 is 0 Å². The van der Waals surface area contributed by atoms with Crippen molar-refractivity contribution in [3.8, 4) is 0 Å². The van der Waals surface area contributed by atoms with E-state index in [2.05, 4.69) is 32.9 Å². The second kappa shape index (κ2) is 5.77.